The number of aromatic nitrogens is 1. The van der Waals surface area contributed by atoms with Crippen LogP contribution in [0, 0.1) is 0 Å². The van der Waals surface area contributed by atoms with Gasteiger partial charge in [0.15, 0.2) is 0 Å². The summed E-state index contributed by atoms with van der Waals surface area (Å²) < 4.78 is 0. The molecule has 0 amide bonds. The highest BCUT2D eigenvalue weighted by molar-refractivity contribution is 5.56. The maximum atomic E-state index is 4.37. The third kappa shape index (κ3) is 3.17. The van der Waals surface area contributed by atoms with E-state index in [1.807, 2.05) is 12.3 Å². The van der Waals surface area contributed by atoms with Crippen molar-refractivity contribution in [3.8, 4) is 0 Å². The summed E-state index contributed by atoms with van der Waals surface area (Å²) in [5, 5.41) is 3.44. The molecule has 1 aromatic heterocycles. The number of benzene rings is 1. The van der Waals surface area contributed by atoms with E-state index < -0.39 is 0 Å². The molecule has 1 aromatic carbocycles. The highest BCUT2D eigenvalue weighted by atomic mass is 15.1. The molecule has 0 radical (unpaired) electrons. The molecule has 0 saturated heterocycles. The van der Waals surface area contributed by atoms with Crippen LogP contribution in [0.4, 0.5) is 5.69 Å². The Morgan fingerprint density at radius 3 is 3.05 bits per heavy atom. The highest BCUT2D eigenvalue weighted by Crippen LogP contribution is 2.23. The Morgan fingerprint density at radius 2 is 2.20 bits per heavy atom. The minimum Gasteiger partial charge on any atom is -0.384 e. The van der Waals surface area contributed by atoms with E-state index in [0.29, 0.717) is 0 Å². The van der Waals surface area contributed by atoms with Gasteiger partial charge in [0.2, 0.25) is 0 Å². The third-order valence-electron chi connectivity index (χ3n) is 3.81. The lowest BCUT2D eigenvalue weighted by Gasteiger charge is -2.17. The predicted octanol–water partition coefficient (Wildman–Crippen LogP) is 2.72. The molecule has 2 heterocycles. The zero-order chi connectivity index (χ0) is 13.8. The number of likely N-dealkylation sites (N-methyl/N-ethyl adjacent to an activating group) is 1. The molecule has 0 aliphatic carbocycles. The molecule has 0 unspecified atom stereocenters. The zero-order valence-corrected chi connectivity index (χ0v) is 12.0. The Bertz CT molecular complexity index is 566. The van der Waals surface area contributed by atoms with Gasteiger partial charge in [0.25, 0.3) is 0 Å². The van der Waals surface area contributed by atoms with Crippen molar-refractivity contribution in [3.63, 3.8) is 0 Å². The third-order valence-corrected chi connectivity index (χ3v) is 3.81. The molecule has 0 atom stereocenters. The molecule has 0 fully saturated rings. The van der Waals surface area contributed by atoms with Gasteiger partial charge in [0.1, 0.15) is 0 Å². The van der Waals surface area contributed by atoms with Crippen molar-refractivity contribution in [2.75, 3.05) is 25.5 Å². The van der Waals surface area contributed by atoms with Crippen molar-refractivity contribution in [1.29, 1.82) is 0 Å². The van der Waals surface area contributed by atoms with Gasteiger partial charge in [0.05, 0.1) is 0 Å². The standard InChI is InChI=1S/C17H21N3/c1-20(11-8-16-4-2-3-9-18-16)13-14-5-6-15-7-10-19-17(15)12-14/h2-6,9,12,19H,7-8,10-11,13H2,1H3. The van der Waals surface area contributed by atoms with Gasteiger partial charge >= 0.3 is 0 Å². The summed E-state index contributed by atoms with van der Waals surface area (Å²) in [6.07, 6.45) is 4.02. The number of nitrogens with zero attached hydrogens (tertiary/aromatic N) is 2. The lowest BCUT2D eigenvalue weighted by Crippen LogP contribution is -2.21. The number of anilines is 1. The van der Waals surface area contributed by atoms with Gasteiger partial charge < -0.3 is 10.2 Å². The fourth-order valence-corrected chi connectivity index (χ4v) is 2.68. The van der Waals surface area contributed by atoms with Crippen LogP contribution in [0.2, 0.25) is 0 Å². The molecule has 20 heavy (non-hydrogen) atoms. The molecule has 1 aliphatic rings. The summed E-state index contributed by atoms with van der Waals surface area (Å²) in [6.45, 7) is 3.09. The number of fused-ring (bicyclic) bond motifs is 1. The smallest absolute Gasteiger partial charge is 0.0416 e. The molecule has 0 bridgehead atoms. The second-order valence-electron chi connectivity index (χ2n) is 5.48. The summed E-state index contributed by atoms with van der Waals surface area (Å²) in [4.78, 5) is 6.72. The Kier molecular flexibility index (Phi) is 3.97. The van der Waals surface area contributed by atoms with E-state index in [0.717, 1.165) is 38.2 Å². The maximum absolute atomic E-state index is 4.37. The van der Waals surface area contributed by atoms with Crippen LogP contribution < -0.4 is 5.32 Å². The van der Waals surface area contributed by atoms with Gasteiger partial charge in [-0.3, -0.25) is 4.98 Å². The van der Waals surface area contributed by atoms with Crippen LogP contribution >= 0.6 is 0 Å². The van der Waals surface area contributed by atoms with Crippen LogP contribution in [0.25, 0.3) is 0 Å². The quantitative estimate of drug-likeness (QED) is 0.903. The first-order valence-corrected chi connectivity index (χ1v) is 7.25. The lowest BCUT2D eigenvalue weighted by molar-refractivity contribution is 0.330. The SMILES string of the molecule is CN(CCc1ccccn1)Cc1ccc2c(c1)NCC2. The second-order valence-corrected chi connectivity index (χ2v) is 5.48. The van der Waals surface area contributed by atoms with E-state index >= 15 is 0 Å². The first-order valence-electron chi connectivity index (χ1n) is 7.25. The van der Waals surface area contributed by atoms with E-state index in [4.69, 9.17) is 0 Å². The minimum absolute atomic E-state index is 0.988. The highest BCUT2D eigenvalue weighted by Gasteiger charge is 2.10. The monoisotopic (exact) mass is 267 g/mol. The molecular formula is C17H21N3. The largest absolute Gasteiger partial charge is 0.384 e. The Labute approximate surface area is 120 Å². The van der Waals surface area contributed by atoms with Crippen molar-refractivity contribution < 1.29 is 0 Å². The van der Waals surface area contributed by atoms with Gasteiger partial charge in [-0.05, 0) is 42.8 Å². The molecule has 0 spiro atoms. The van der Waals surface area contributed by atoms with Crippen LogP contribution in [0.5, 0.6) is 0 Å². The first-order chi connectivity index (χ1) is 9.81. The molecule has 104 valence electrons. The normalized spacial score (nSPS) is 13.3. The Morgan fingerprint density at radius 1 is 1.25 bits per heavy atom. The summed E-state index contributed by atoms with van der Waals surface area (Å²) >= 11 is 0. The summed E-state index contributed by atoms with van der Waals surface area (Å²) in [5.74, 6) is 0. The summed E-state index contributed by atoms with van der Waals surface area (Å²) in [7, 11) is 2.17. The number of hydrogen-bond acceptors (Lipinski definition) is 3. The van der Waals surface area contributed by atoms with Crippen LogP contribution in [0.3, 0.4) is 0 Å². The molecule has 0 saturated carbocycles. The summed E-state index contributed by atoms with van der Waals surface area (Å²) in [6, 6.07) is 12.9. The van der Waals surface area contributed by atoms with E-state index in [9.17, 15) is 0 Å². The van der Waals surface area contributed by atoms with E-state index in [1.54, 1.807) is 0 Å². The fraction of sp³-hybridized carbons (Fsp3) is 0.353. The van der Waals surface area contributed by atoms with E-state index in [1.165, 1.54) is 16.8 Å². The zero-order valence-electron chi connectivity index (χ0n) is 12.0. The molecule has 2 aromatic rings. The number of rotatable bonds is 5. The fourth-order valence-electron chi connectivity index (χ4n) is 2.68. The first kappa shape index (κ1) is 13.1. The van der Waals surface area contributed by atoms with Gasteiger partial charge in [-0.25, -0.2) is 0 Å². The van der Waals surface area contributed by atoms with Crippen LogP contribution in [-0.2, 0) is 19.4 Å². The number of hydrogen-bond donors (Lipinski definition) is 1. The van der Waals surface area contributed by atoms with Crippen molar-refractivity contribution in [2.45, 2.75) is 19.4 Å². The Hall–Kier alpha value is -1.87. The van der Waals surface area contributed by atoms with Crippen molar-refractivity contribution in [3.05, 3.63) is 59.4 Å². The Balaban J connectivity index is 1.55. The molecule has 3 nitrogen and oxygen atoms in total. The predicted molar refractivity (Wildman–Crippen MR) is 82.9 cm³/mol. The van der Waals surface area contributed by atoms with Crippen molar-refractivity contribution in [2.24, 2.45) is 0 Å². The topological polar surface area (TPSA) is 28.2 Å². The molecular weight excluding hydrogens is 246 g/mol. The maximum Gasteiger partial charge on any atom is 0.0416 e. The van der Waals surface area contributed by atoms with Crippen LogP contribution in [0.15, 0.2) is 42.6 Å². The minimum atomic E-state index is 0.988. The molecule has 1 aliphatic heterocycles. The molecule has 3 rings (SSSR count). The lowest BCUT2D eigenvalue weighted by atomic mass is 10.1. The van der Waals surface area contributed by atoms with Crippen molar-refractivity contribution >= 4 is 5.69 Å². The second kappa shape index (κ2) is 6.06. The van der Waals surface area contributed by atoms with Crippen LogP contribution in [0.1, 0.15) is 16.8 Å². The van der Waals surface area contributed by atoms with E-state index in [2.05, 4.69) is 52.6 Å². The van der Waals surface area contributed by atoms with Gasteiger partial charge in [0, 0.05) is 43.6 Å². The summed E-state index contributed by atoms with van der Waals surface area (Å²) in [5.41, 5.74) is 5.31. The molecule has 3 heteroatoms. The van der Waals surface area contributed by atoms with Gasteiger partial charge in [-0.2, -0.15) is 0 Å². The van der Waals surface area contributed by atoms with Crippen molar-refractivity contribution in [1.82, 2.24) is 9.88 Å². The van der Waals surface area contributed by atoms with Crippen LogP contribution in [-0.4, -0.2) is 30.0 Å². The van der Waals surface area contributed by atoms with E-state index in [-0.39, 0.29) is 0 Å². The molecule has 1 N–H and O–H groups in total. The number of pyridine rings is 1. The average Bonchev–Trinajstić information content (AvgIpc) is 2.94. The number of nitrogens with one attached hydrogen (secondary N) is 1. The van der Waals surface area contributed by atoms with Gasteiger partial charge in [-0.15, -0.1) is 0 Å². The van der Waals surface area contributed by atoms with Gasteiger partial charge in [-0.1, -0.05) is 18.2 Å². The average molecular weight is 267 g/mol.